The zero-order valence-electron chi connectivity index (χ0n) is 26.5. The maximum atomic E-state index is 14.7. The maximum absolute atomic E-state index is 14.7. The number of hydrogen-bond acceptors (Lipinski definition) is 6. The van der Waals surface area contributed by atoms with Crippen molar-refractivity contribution in [2.75, 3.05) is 14.2 Å². The van der Waals surface area contributed by atoms with E-state index in [1.54, 1.807) is 44.8 Å². The Hall–Kier alpha value is -4.81. The molecular weight excluding hydrogens is 627 g/mol. The predicted molar refractivity (Wildman–Crippen MR) is 183 cm³/mol. The van der Waals surface area contributed by atoms with Gasteiger partial charge in [0.05, 0.1) is 38.6 Å². The molecule has 2 bridgehead atoms. The Morgan fingerprint density at radius 2 is 1.71 bits per heavy atom. The highest BCUT2D eigenvalue weighted by molar-refractivity contribution is 7.89. The van der Waals surface area contributed by atoms with Gasteiger partial charge in [-0.1, -0.05) is 48.5 Å². The molecule has 0 spiro atoms. The van der Waals surface area contributed by atoms with Gasteiger partial charge in [0.1, 0.15) is 12.3 Å². The van der Waals surface area contributed by atoms with E-state index >= 15 is 0 Å². The summed E-state index contributed by atoms with van der Waals surface area (Å²) in [7, 11) is -0.754. The highest BCUT2D eigenvalue weighted by Crippen LogP contribution is 2.54. The Kier molecular flexibility index (Phi) is 5.54. The number of para-hydroxylation sites is 2. The van der Waals surface area contributed by atoms with Crippen molar-refractivity contribution in [1.82, 2.24) is 23.7 Å². The standard InChI is InChI=1S/C37H31N5O5S/c1-37-35(46-3)27(40(2)48(44,45)28-14-8-9-20-18-38-16-15-21(20)28)17-29(47-37)41-25-12-6-4-10-22(25)31-32-24(19-39-36(32)43)30-23-11-5-7-13-26(23)42(37)34(30)33(31)41/h4-16,18,27,29,35H,17,19H2,1-3H3,(H,39,43)/t27-,29-,35-,37+/m1/s1. The molecule has 0 aliphatic carbocycles. The molecule has 7 aromatic rings. The minimum atomic E-state index is -4.02. The van der Waals surface area contributed by atoms with Gasteiger partial charge in [-0.2, -0.15) is 4.31 Å². The number of carbonyl (C=O) groups is 1. The fourth-order valence-electron chi connectivity index (χ4n) is 9.02. The third kappa shape index (κ3) is 3.29. The molecule has 0 radical (unpaired) electrons. The van der Waals surface area contributed by atoms with E-state index in [1.807, 2.05) is 37.3 Å². The summed E-state index contributed by atoms with van der Waals surface area (Å²) in [6.45, 7) is 2.43. The SMILES string of the molecule is CO[C@@H]1[C@H](N(C)S(=O)(=O)c2cccc3cnccc23)C[C@H]2O[C@]1(C)n1c3ccccc3c3c4c(c5c6ccccc6n2c5c31)C(=O)NC4. The van der Waals surface area contributed by atoms with Gasteiger partial charge in [-0.3, -0.25) is 9.78 Å². The number of pyridine rings is 1. The summed E-state index contributed by atoms with van der Waals surface area (Å²) in [4.78, 5) is 18.1. The molecule has 6 heterocycles. The van der Waals surface area contributed by atoms with Gasteiger partial charge in [0, 0.05) is 71.8 Å². The Balaban J connectivity index is 1.30. The number of nitrogens with one attached hydrogen (secondary N) is 1. The number of nitrogens with zero attached hydrogens (tertiary/aromatic N) is 4. The molecule has 0 unspecified atom stereocenters. The first-order valence-corrected chi connectivity index (χ1v) is 17.5. The molecule has 3 aromatic heterocycles. The molecule has 1 fully saturated rings. The van der Waals surface area contributed by atoms with Crippen molar-refractivity contribution < 1.29 is 22.7 Å². The zero-order valence-corrected chi connectivity index (χ0v) is 27.3. The van der Waals surface area contributed by atoms with Crippen molar-refractivity contribution in [3.05, 3.63) is 96.3 Å². The van der Waals surface area contributed by atoms with E-state index in [9.17, 15) is 13.2 Å². The predicted octanol–water partition coefficient (Wildman–Crippen LogP) is 6.00. The topological polar surface area (TPSA) is 108 Å². The van der Waals surface area contributed by atoms with Crippen molar-refractivity contribution in [3.63, 3.8) is 0 Å². The van der Waals surface area contributed by atoms with Gasteiger partial charge >= 0.3 is 0 Å². The lowest BCUT2D eigenvalue weighted by molar-refractivity contribution is -0.262. The average molecular weight is 658 g/mol. The van der Waals surface area contributed by atoms with Crippen LogP contribution in [0.4, 0.5) is 0 Å². The lowest BCUT2D eigenvalue weighted by atomic mass is 9.93. The zero-order chi connectivity index (χ0) is 32.7. The minimum Gasteiger partial charge on any atom is -0.375 e. The van der Waals surface area contributed by atoms with E-state index in [-0.39, 0.29) is 10.8 Å². The third-order valence-electron chi connectivity index (χ3n) is 11.0. The van der Waals surface area contributed by atoms with E-state index in [4.69, 9.17) is 9.47 Å². The second-order valence-corrected chi connectivity index (χ2v) is 15.1. The van der Waals surface area contributed by atoms with E-state index in [1.165, 1.54) is 4.31 Å². The second-order valence-electron chi connectivity index (χ2n) is 13.2. The van der Waals surface area contributed by atoms with Gasteiger partial charge in [0.2, 0.25) is 10.0 Å². The number of aromatic nitrogens is 3. The van der Waals surface area contributed by atoms with Crippen LogP contribution in [0.3, 0.4) is 0 Å². The summed E-state index contributed by atoms with van der Waals surface area (Å²) in [5.41, 5.74) is 4.24. The average Bonchev–Trinajstić information content (AvgIpc) is 3.75. The number of hydrogen-bond donors (Lipinski definition) is 1. The molecule has 1 amide bonds. The molecular formula is C37H31N5O5S. The van der Waals surface area contributed by atoms with Gasteiger partial charge < -0.3 is 23.9 Å². The van der Waals surface area contributed by atoms with Crippen molar-refractivity contribution in [1.29, 1.82) is 0 Å². The van der Waals surface area contributed by atoms with Crippen LogP contribution in [0.1, 0.15) is 35.5 Å². The first-order valence-electron chi connectivity index (χ1n) is 16.1. The van der Waals surface area contributed by atoms with Gasteiger partial charge in [0.15, 0.2) is 5.72 Å². The maximum Gasteiger partial charge on any atom is 0.252 e. The molecule has 0 saturated carbocycles. The fraction of sp³-hybridized carbons (Fsp3) is 0.243. The molecule has 10 rings (SSSR count). The van der Waals surface area contributed by atoms with Crippen LogP contribution in [-0.2, 0) is 31.8 Å². The molecule has 48 heavy (non-hydrogen) atoms. The van der Waals surface area contributed by atoms with Crippen molar-refractivity contribution in [3.8, 4) is 0 Å². The first kappa shape index (κ1) is 28.2. The minimum absolute atomic E-state index is 0.0882. The number of ether oxygens (including phenoxy) is 2. The van der Waals surface area contributed by atoms with Gasteiger partial charge in [-0.05, 0) is 36.8 Å². The number of likely N-dealkylation sites (N-methyl/N-ethyl adjacent to an activating group) is 1. The van der Waals surface area contributed by atoms with Crippen LogP contribution >= 0.6 is 0 Å². The van der Waals surface area contributed by atoms with Crippen molar-refractivity contribution in [2.24, 2.45) is 0 Å². The summed E-state index contributed by atoms with van der Waals surface area (Å²) >= 11 is 0. The van der Waals surface area contributed by atoms with Crippen molar-refractivity contribution >= 4 is 70.3 Å². The van der Waals surface area contributed by atoms with Crippen LogP contribution in [0, 0.1) is 0 Å². The van der Waals surface area contributed by atoms with E-state index in [0.29, 0.717) is 23.9 Å². The van der Waals surface area contributed by atoms with Crippen LogP contribution < -0.4 is 5.32 Å². The number of benzene rings is 4. The molecule has 10 nitrogen and oxygen atoms in total. The number of methoxy groups -OCH3 is 1. The van der Waals surface area contributed by atoms with Crippen molar-refractivity contribution in [2.45, 2.75) is 48.9 Å². The fourth-order valence-corrected chi connectivity index (χ4v) is 10.6. The quantitative estimate of drug-likeness (QED) is 0.249. The van der Waals surface area contributed by atoms with Gasteiger partial charge in [0.25, 0.3) is 5.91 Å². The Morgan fingerprint density at radius 3 is 2.50 bits per heavy atom. The smallest absolute Gasteiger partial charge is 0.252 e. The summed E-state index contributed by atoms with van der Waals surface area (Å²) in [5, 5.41) is 8.33. The van der Waals surface area contributed by atoms with E-state index in [0.717, 1.165) is 54.6 Å². The second kappa shape index (κ2) is 9.42. The largest absolute Gasteiger partial charge is 0.375 e. The molecule has 3 aliphatic rings. The van der Waals surface area contributed by atoms with Crippen LogP contribution in [0.5, 0.6) is 0 Å². The van der Waals surface area contributed by atoms with E-state index < -0.39 is 34.1 Å². The third-order valence-corrected chi connectivity index (χ3v) is 12.9. The number of carbonyl (C=O) groups excluding carboxylic acids is 1. The first-order chi connectivity index (χ1) is 23.3. The van der Waals surface area contributed by atoms with E-state index in [2.05, 4.69) is 43.7 Å². The number of amides is 1. The lowest BCUT2D eigenvalue weighted by Crippen LogP contribution is -2.61. The van der Waals surface area contributed by atoms with Crippen LogP contribution in [0.15, 0.2) is 90.1 Å². The number of sulfonamides is 1. The molecule has 4 aromatic carbocycles. The van der Waals surface area contributed by atoms with Gasteiger partial charge in [-0.25, -0.2) is 8.42 Å². The molecule has 1 N–H and O–H groups in total. The van der Waals surface area contributed by atoms with Crippen LogP contribution in [0.25, 0.3) is 54.4 Å². The Morgan fingerprint density at radius 1 is 0.958 bits per heavy atom. The normalized spacial score (nSPS) is 23.6. The monoisotopic (exact) mass is 657 g/mol. The van der Waals surface area contributed by atoms with Crippen LogP contribution in [0.2, 0.25) is 0 Å². The Bertz CT molecular complexity index is 2670. The highest BCUT2D eigenvalue weighted by Gasteiger charge is 2.55. The number of rotatable bonds is 4. The molecule has 240 valence electrons. The molecule has 11 heteroatoms. The summed E-state index contributed by atoms with van der Waals surface area (Å²) in [6.07, 6.45) is 2.33. The number of fused-ring (bicyclic) bond motifs is 14. The molecule has 1 saturated heterocycles. The van der Waals surface area contributed by atoms with Gasteiger partial charge in [-0.15, -0.1) is 0 Å². The summed E-state index contributed by atoms with van der Waals surface area (Å²) in [5.74, 6) is -0.0882. The molecule has 4 atom stereocenters. The Labute approximate surface area is 275 Å². The summed E-state index contributed by atoms with van der Waals surface area (Å²) in [6, 6.07) is 22.7. The summed E-state index contributed by atoms with van der Waals surface area (Å²) < 4.78 is 48.8. The van der Waals surface area contributed by atoms with Crippen LogP contribution in [-0.4, -0.2) is 59.1 Å². The lowest BCUT2D eigenvalue weighted by Gasteiger charge is -2.50. The highest BCUT2D eigenvalue weighted by atomic mass is 32.2. The molecule has 3 aliphatic heterocycles.